The number of nitriles is 1. The van der Waals surface area contributed by atoms with Crippen molar-refractivity contribution in [1.82, 2.24) is 0 Å². The van der Waals surface area contributed by atoms with Crippen LogP contribution >= 0.6 is 0 Å². The molecule has 0 bridgehead atoms. The first-order chi connectivity index (χ1) is 12.1. The van der Waals surface area contributed by atoms with Crippen molar-refractivity contribution < 1.29 is 30.7 Å². The molecular weight excluding hydrogens is 374 g/mol. The number of halogens is 4. The van der Waals surface area contributed by atoms with Gasteiger partial charge in [-0.3, -0.25) is 0 Å². The molecule has 3 atom stereocenters. The number of hydrogen-bond acceptors (Lipinski definition) is 4. The highest BCUT2D eigenvalue weighted by molar-refractivity contribution is 7.90. The number of hydrogen-bond donors (Lipinski definition) is 0. The molecule has 2 aromatic rings. The summed E-state index contributed by atoms with van der Waals surface area (Å²) in [5.41, 5.74) is -1.29. The minimum Gasteiger partial charge on any atom is -0.457 e. The number of benzene rings is 2. The van der Waals surface area contributed by atoms with Crippen LogP contribution < -0.4 is 4.74 Å². The van der Waals surface area contributed by atoms with Crippen LogP contribution in [0.5, 0.6) is 11.5 Å². The van der Waals surface area contributed by atoms with E-state index in [1.165, 1.54) is 0 Å². The van der Waals surface area contributed by atoms with Crippen molar-refractivity contribution in [3.05, 3.63) is 52.8 Å². The summed E-state index contributed by atoms with van der Waals surface area (Å²) in [6.45, 7) is 0. The van der Waals surface area contributed by atoms with Crippen LogP contribution in [-0.4, -0.2) is 20.8 Å². The monoisotopic (exact) mass is 385 g/mol. The molecule has 0 heterocycles. The number of ether oxygens (including phenoxy) is 1. The third-order valence-electron chi connectivity index (χ3n) is 3.95. The smallest absolute Gasteiger partial charge is 0.175 e. The van der Waals surface area contributed by atoms with Crippen molar-refractivity contribution in [2.45, 2.75) is 23.4 Å². The Bertz CT molecular complexity index is 1030. The lowest BCUT2D eigenvalue weighted by Gasteiger charge is -2.14. The lowest BCUT2D eigenvalue weighted by Crippen LogP contribution is -2.07. The lowest BCUT2D eigenvalue weighted by molar-refractivity contribution is 0.105. The van der Waals surface area contributed by atoms with Gasteiger partial charge in [0.15, 0.2) is 28.4 Å². The van der Waals surface area contributed by atoms with E-state index in [0.717, 1.165) is 36.6 Å². The van der Waals surface area contributed by atoms with Crippen molar-refractivity contribution in [2.75, 3.05) is 6.26 Å². The summed E-state index contributed by atoms with van der Waals surface area (Å²) in [6, 6.07) is 6.73. The molecule has 0 saturated carbocycles. The Morgan fingerprint density at radius 1 is 1.08 bits per heavy atom. The normalized spacial score (nSPS) is 21.9. The van der Waals surface area contributed by atoms with Gasteiger partial charge in [0, 0.05) is 23.4 Å². The maximum Gasteiger partial charge on any atom is 0.175 e. The quantitative estimate of drug-likeness (QED) is 0.741. The first-order valence-electron chi connectivity index (χ1n) is 7.31. The first-order valence-corrected chi connectivity index (χ1v) is 9.20. The molecule has 3 rings (SSSR count). The zero-order chi connectivity index (χ0) is 19.2. The van der Waals surface area contributed by atoms with Gasteiger partial charge in [0.25, 0.3) is 0 Å². The Labute approximate surface area is 146 Å². The molecule has 0 spiro atoms. The molecule has 26 heavy (non-hydrogen) atoms. The summed E-state index contributed by atoms with van der Waals surface area (Å²) >= 11 is 0. The van der Waals surface area contributed by atoms with Gasteiger partial charge < -0.3 is 4.74 Å². The van der Waals surface area contributed by atoms with E-state index in [-0.39, 0.29) is 17.1 Å². The Morgan fingerprint density at radius 2 is 1.73 bits per heavy atom. The van der Waals surface area contributed by atoms with Gasteiger partial charge in [-0.2, -0.15) is 5.26 Å². The summed E-state index contributed by atoms with van der Waals surface area (Å²) in [4.78, 5) is -0.535. The van der Waals surface area contributed by atoms with Crippen LogP contribution in [-0.2, 0) is 9.84 Å². The molecule has 9 heteroatoms. The van der Waals surface area contributed by atoms with Gasteiger partial charge in [0.2, 0.25) is 0 Å². The second-order valence-electron chi connectivity index (χ2n) is 5.80. The predicted molar refractivity (Wildman–Crippen MR) is 83.3 cm³/mol. The highest BCUT2D eigenvalue weighted by Gasteiger charge is 2.47. The SMILES string of the molecule is CS(=O)(=O)c1ccc(Oc2cc(F)cc(C#N)c2)c2c1[C@H](F)[C@H](F)[C@@H]2F. The van der Waals surface area contributed by atoms with Gasteiger partial charge in [-0.15, -0.1) is 0 Å². The molecule has 0 radical (unpaired) electrons. The summed E-state index contributed by atoms with van der Waals surface area (Å²) in [5, 5.41) is 8.85. The molecular formula is C17H11F4NO3S. The second-order valence-corrected chi connectivity index (χ2v) is 7.78. The molecule has 0 aliphatic heterocycles. The standard InChI is InChI=1S/C17H11F4NO3S/c1-26(23,24)12-3-2-11(13-14(12)16(20)17(21)15(13)19)25-10-5-8(7-22)4-9(18)6-10/h2-6,15-17H,1H3/t15-,16+,17-/m1/s1. The Hall–Kier alpha value is -2.60. The minimum absolute atomic E-state index is 0.0760. The number of alkyl halides is 3. The van der Waals surface area contributed by atoms with Gasteiger partial charge in [-0.05, 0) is 24.3 Å². The van der Waals surface area contributed by atoms with E-state index in [2.05, 4.69) is 0 Å². The molecule has 0 aromatic heterocycles. The van der Waals surface area contributed by atoms with Gasteiger partial charge in [0.1, 0.15) is 17.3 Å². The van der Waals surface area contributed by atoms with Crippen molar-refractivity contribution in [3.63, 3.8) is 0 Å². The largest absolute Gasteiger partial charge is 0.457 e. The van der Waals surface area contributed by atoms with Crippen LogP contribution in [0.25, 0.3) is 0 Å². The number of rotatable bonds is 3. The molecule has 0 N–H and O–H groups in total. The molecule has 0 unspecified atom stereocenters. The Kier molecular flexibility index (Phi) is 4.40. The van der Waals surface area contributed by atoms with E-state index in [0.29, 0.717) is 0 Å². The van der Waals surface area contributed by atoms with Crippen LogP contribution in [0.4, 0.5) is 17.6 Å². The predicted octanol–water partition coefficient (Wildman–Crippen LogP) is 4.27. The van der Waals surface area contributed by atoms with Crippen LogP contribution in [0.1, 0.15) is 29.0 Å². The third kappa shape index (κ3) is 3.01. The molecule has 1 aliphatic carbocycles. The Balaban J connectivity index is 2.17. The van der Waals surface area contributed by atoms with E-state index >= 15 is 0 Å². The van der Waals surface area contributed by atoms with Crippen LogP contribution in [0, 0.1) is 17.1 Å². The van der Waals surface area contributed by atoms with Crippen LogP contribution in [0.2, 0.25) is 0 Å². The van der Waals surface area contributed by atoms with E-state index in [1.807, 2.05) is 0 Å². The maximum absolute atomic E-state index is 14.3. The third-order valence-corrected chi connectivity index (χ3v) is 5.10. The highest BCUT2D eigenvalue weighted by Crippen LogP contribution is 2.52. The molecule has 1 aliphatic rings. The van der Waals surface area contributed by atoms with Gasteiger partial charge in [0.05, 0.1) is 16.5 Å². The fraction of sp³-hybridized carbons (Fsp3) is 0.235. The fourth-order valence-electron chi connectivity index (χ4n) is 2.86. The van der Waals surface area contributed by atoms with E-state index in [1.54, 1.807) is 6.07 Å². The fourth-order valence-corrected chi connectivity index (χ4v) is 3.79. The molecule has 0 amide bonds. The number of fused-ring (bicyclic) bond motifs is 1. The zero-order valence-corrected chi connectivity index (χ0v) is 14.0. The van der Waals surface area contributed by atoms with Gasteiger partial charge in [-0.25, -0.2) is 26.0 Å². The molecule has 2 aromatic carbocycles. The first kappa shape index (κ1) is 18.2. The van der Waals surface area contributed by atoms with Crippen molar-refractivity contribution in [3.8, 4) is 17.6 Å². The summed E-state index contributed by atoms with van der Waals surface area (Å²) in [5.74, 6) is -1.34. The van der Waals surface area contributed by atoms with E-state index in [9.17, 15) is 26.0 Å². The molecule has 136 valence electrons. The zero-order valence-electron chi connectivity index (χ0n) is 13.2. The topological polar surface area (TPSA) is 67.2 Å². The second kappa shape index (κ2) is 6.29. The highest BCUT2D eigenvalue weighted by atomic mass is 32.2. The number of sulfone groups is 1. The van der Waals surface area contributed by atoms with Crippen molar-refractivity contribution in [2.24, 2.45) is 0 Å². The maximum atomic E-state index is 14.3. The molecule has 4 nitrogen and oxygen atoms in total. The van der Waals surface area contributed by atoms with E-state index < -0.39 is 50.2 Å². The minimum atomic E-state index is -3.95. The van der Waals surface area contributed by atoms with Crippen LogP contribution in [0.3, 0.4) is 0 Å². The van der Waals surface area contributed by atoms with Gasteiger partial charge >= 0.3 is 0 Å². The summed E-state index contributed by atoms with van der Waals surface area (Å²) < 4.78 is 84.8. The number of nitrogens with zero attached hydrogens (tertiary/aromatic N) is 1. The van der Waals surface area contributed by atoms with Gasteiger partial charge in [-0.1, -0.05) is 0 Å². The average Bonchev–Trinajstić information content (AvgIpc) is 2.79. The van der Waals surface area contributed by atoms with Crippen molar-refractivity contribution in [1.29, 1.82) is 5.26 Å². The summed E-state index contributed by atoms with van der Waals surface area (Å²) in [7, 11) is -3.95. The molecule has 0 saturated heterocycles. The average molecular weight is 385 g/mol. The molecule has 0 fully saturated rings. The summed E-state index contributed by atoms with van der Waals surface area (Å²) in [6.07, 6.45) is -6.71. The Morgan fingerprint density at radius 3 is 2.35 bits per heavy atom. The van der Waals surface area contributed by atoms with Crippen molar-refractivity contribution >= 4 is 9.84 Å². The van der Waals surface area contributed by atoms with E-state index in [4.69, 9.17) is 10.00 Å². The lowest BCUT2D eigenvalue weighted by atomic mass is 10.1. The van der Waals surface area contributed by atoms with Crippen LogP contribution in [0.15, 0.2) is 35.2 Å².